The van der Waals surface area contributed by atoms with Crippen molar-refractivity contribution in [2.24, 2.45) is 11.7 Å². The Morgan fingerprint density at radius 3 is 2.69 bits per heavy atom. The Hall–Kier alpha value is -0.580. The fraction of sp³-hybridized carbons (Fsp3) is 0.500. The van der Waals surface area contributed by atoms with Crippen LogP contribution in [0.15, 0.2) is 28.7 Å². The smallest absolute Gasteiger partial charge is 0.0507 e. The van der Waals surface area contributed by atoms with Crippen molar-refractivity contribution in [1.29, 1.82) is 0 Å². The lowest BCUT2D eigenvalue weighted by molar-refractivity contribution is 0.151. The van der Waals surface area contributed by atoms with Gasteiger partial charge in [-0.05, 0) is 28.1 Å². The highest BCUT2D eigenvalue weighted by Gasteiger charge is 2.16. The van der Waals surface area contributed by atoms with Gasteiger partial charge in [0.2, 0.25) is 0 Å². The summed E-state index contributed by atoms with van der Waals surface area (Å²) in [5, 5.41) is 3.43. The Balaban J connectivity index is 2.66. The number of halogens is 1. The van der Waals surface area contributed by atoms with Gasteiger partial charge in [-0.25, -0.2) is 0 Å². The van der Waals surface area contributed by atoms with E-state index in [4.69, 9.17) is 10.5 Å². The number of methoxy groups -OCH3 is 1. The quantitative estimate of drug-likeness (QED) is 0.845. The molecule has 0 fully saturated rings. The predicted molar refractivity (Wildman–Crippen MR) is 71.6 cm³/mol. The van der Waals surface area contributed by atoms with E-state index in [9.17, 15) is 0 Å². The standard InChI is InChI=1S/C12H19BrN2O/c1-9(8-16-2)12(7-14)15-11-6-4-3-5-10(11)13/h3-6,9,12,15H,7-8,14H2,1-2H3. The van der Waals surface area contributed by atoms with E-state index in [1.54, 1.807) is 7.11 Å². The summed E-state index contributed by atoms with van der Waals surface area (Å²) in [4.78, 5) is 0. The molecule has 4 heteroatoms. The van der Waals surface area contributed by atoms with Gasteiger partial charge in [0, 0.05) is 35.8 Å². The average Bonchev–Trinajstić information content (AvgIpc) is 2.28. The maximum Gasteiger partial charge on any atom is 0.0507 e. The van der Waals surface area contributed by atoms with Gasteiger partial charge < -0.3 is 15.8 Å². The number of nitrogens with two attached hydrogens (primary N) is 1. The van der Waals surface area contributed by atoms with Crippen molar-refractivity contribution in [2.75, 3.05) is 25.6 Å². The zero-order valence-electron chi connectivity index (χ0n) is 9.74. The average molecular weight is 287 g/mol. The molecule has 1 aromatic rings. The van der Waals surface area contributed by atoms with Crippen molar-refractivity contribution in [3.63, 3.8) is 0 Å². The van der Waals surface area contributed by atoms with Gasteiger partial charge in [0.1, 0.15) is 0 Å². The van der Waals surface area contributed by atoms with E-state index < -0.39 is 0 Å². The second-order valence-corrected chi connectivity index (χ2v) is 4.75. The highest BCUT2D eigenvalue weighted by atomic mass is 79.9. The highest BCUT2D eigenvalue weighted by Crippen LogP contribution is 2.23. The van der Waals surface area contributed by atoms with Crippen LogP contribution in [-0.4, -0.2) is 26.3 Å². The Kier molecular flexibility index (Phi) is 5.80. The van der Waals surface area contributed by atoms with Crippen molar-refractivity contribution < 1.29 is 4.74 Å². The number of hydrogen-bond donors (Lipinski definition) is 2. The van der Waals surface area contributed by atoms with Crippen molar-refractivity contribution in [1.82, 2.24) is 0 Å². The van der Waals surface area contributed by atoms with E-state index >= 15 is 0 Å². The fourth-order valence-corrected chi connectivity index (χ4v) is 1.99. The Morgan fingerprint density at radius 1 is 1.44 bits per heavy atom. The Labute approximate surface area is 105 Å². The van der Waals surface area contributed by atoms with Crippen LogP contribution in [0.4, 0.5) is 5.69 Å². The monoisotopic (exact) mass is 286 g/mol. The van der Waals surface area contributed by atoms with Gasteiger partial charge in [-0.2, -0.15) is 0 Å². The molecule has 0 amide bonds. The van der Waals surface area contributed by atoms with Crippen molar-refractivity contribution in [2.45, 2.75) is 13.0 Å². The second kappa shape index (κ2) is 6.89. The van der Waals surface area contributed by atoms with Crippen LogP contribution in [0.1, 0.15) is 6.92 Å². The van der Waals surface area contributed by atoms with Crippen LogP contribution >= 0.6 is 15.9 Å². The Bertz CT molecular complexity index is 320. The molecule has 0 spiro atoms. The van der Waals surface area contributed by atoms with Gasteiger partial charge in [0.15, 0.2) is 0 Å². The molecule has 0 aromatic heterocycles. The maximum atomic E-state index is 5.77. The third kappa shape index (κ3) is 3.77. The predicted octanol–water partition coefficient (Wildman–Crippen LogP) is 2.47. The Morgan fingerprint density at radius 2 is 2.12 bits per heavy atom. The maximum absolute atomic E-state index is 5.77. The lowest BCUT2D eigenvalue weighted by Crippen LogP contribution is -2.37. The topological polar surface area (TPSA) is 47.3 Å². The van der Waals surface area contributed by atoms with Crippen LogP contribution in [0.2, 0.25) is 0 Å². The third-order valence-electron chi connectivity index (χ3n) is 2.59. The minimum atomic E-state index is 0.221. The molecule has 3 nitrogen and oxygen atoms in total. The van der Waals surface area contributed by atoms with Crippen molar-refractivity contribution in [3.8, 4) is 0 Å². The minimum Gasteiger partial charge on any atom is -0.384 e. The summed E-state index contributed by atoms with van der Waals surface area (Å²) < 4.78 is 6.20. The van der Waals surface area contributed by atoms with E-state index in [2.05, 4.69) is 28.2 Å². The van der Waals surface area contributed by atoms with Gasteiger partial charge >= 0.3 is 0 Å². The summed E-state index contributed by atoms with van der Waals surface area (Å²) in [6, 6.07) is 8.26. The summed E-state index contributed by atoms with van der Waals surface area (Å²) in [6.07, 6.45) is 0. The molecule has 0 aliphatic carbocycles. The first-order valence-electron chi connectivity index (χ1n) is 5.39. The van der Waals surface area contributed by atoms with Crippen LogP contribution in [0.25, 0.3) is 0 Å². The highest BCUT2D eigenvalue weighted by molar-refractivity contribution is 9.10. The minimum absolute atomic E-state index is 0.221. The molecule has 0 saturated carbocycles. The van der Waals surface area contributed by atoms with E-state index in [1.807, 2.05) is 24.3 Å². The molecule has 0 radical (unpaired) electrons. The van der Waals surface area contributed by atoms with Gasteiger partial charge in [-0.1, -0.05) is 19.1 Å². The molecule has 2 atom stereocenters. The van der Waals surface area contributed by atoms with E-state index in [-0.39, 0.29) is 6.04 Å². The van der Waals surface area contributed by atoms with Gasteiger partial charge in [0.25, 0.3) is 0 Å². The fourth-order valence-electron chi connectivity index (χ4n) is 1.59. The van der Waals surface area contributed by atoms with Crippen LogP contribution in [0.5, 0.6) is 0 Å². The molecule has 1 aromatic carbocycles. The first kappa shape index (κ1) is 13.5. The van der Waals surface area contributed by atoms with E-state index in [1.165, 1.54) is 0 Å². The van der Waals surface area contributed by atoms with Gasteiger partial charge in [0.05, 0.1) is 6.61 Å². The molecule has 0 saturated heterocycles. The third-order valence-corrected chi connectivity index (χ3v) is 3.28. The summed E-state index contributed by atoms with van der Waals surface area (Å²) in [5.41, 5.74) is 6.84. The number of rotatable bonds is 6. The van der Waals surface area contributed by atoms with Gasteiger partial charge in [-0.15, -0.1) is 0 Å². The number of anilines is 1. The molecule has 0 bridgehead atoms. The first-order chi connectivity index (χ1) is 7.69. The zero-order valence-corrected chi connectivity index (χ0v) is 11.3. The van der Waals surface area contributed by atoms with Crippen LogP contribution in [0, 0.1) is 5.92 Å². The molecule has 0 aliphatic heterocycles. The SMILES string of the molecule is COCC(C)C(CN)Nc1ccccc1Br. The lowest BCUT2D eigenvalue weighted by atomic mass is 10.0. The molecular formula is C12H19BrN2O. The second-order valence-electron chi connectivity index (χ2n) is 3.90. The zero-order chi connectivity index (χ0) is 12.0. The van der Waals surface area contributed by atoms with Gasteiger partial charge in [-0.3, -0.25) is 0 Å². The molecule has 90 valence electrons. The first-order valence-corrected chi connectivity index (χ1v) is 6.18. The molecular weight excluding hydrogens is 268 g/mol. The largest absolute Gasteiger partial charge is 0.384 e. The lowest BCUT2D eigenvalue weighted by Gasteiger charge is -2.24. The summed E-state index contributed by atoms with van der Waals surface area (Å²) in [5.74, 6) is 0.377. The summed E-state index contributed by atoms with van der Waals surface area (Å²) >= 11 is 3.51. The van der Waals surface area contributed by atoms with Crippen LogP contribution in [-0.2, 0) is 4.74 Å². The normalized spacial score (nSPS) is 14.5. The number of hydrogen-bond acceptors (Lipinski definition) is 3. The molecule has 3 N–H and O–H groups in total. The molecule has 0 heterocycles. The molecule has 0 aliphatic rings. The van der Waals surface area contributed by atoms with Crippen LogP contribution < -0.4 is 11.1 Å². The molecule has 1 rings (SSSR count). The number of ether oxygens (including phenoxy) is 1. The van der Waals surface area contributed by atoms with Crippen LogP contribution in [0.3, 0.4) is 0 Å². The number of para-hydroxylation sites is 1. The summed E-state index contributed by atoms with van der Waals surface area (Å²) in [7, 11) is 1.71. The summed E-state index contributed by atoms with van der Waals surface area (Å²) in [6.45, 7) is 3.43. The van der Waals surface area contributed by atoms with Crippen molar-refractivity contribution >= 4 is 21.6 Å². The van der Waals surface area contributed by atoms with Crippen molar-refractivity contribution in [3.05, 3.63) is 28.7 Å². The molecule has 16 heavy (non-hydrogen) atoms. The van der Waals surface area contributed by atoms with E-state index in [0.29, 0.717) is 19.1 Å². The number of nitrogens with one attached hydrogen (secondary N) is 1. The molecule has 2 unspecified atom stereocenters. The number of benzene rings is 1. The van der Waals surface area contributed by atoms with E-state index in [0.717, 1.165) is 10.2 Å².